The average molecular weight is 295 g/mol. The van der Waals surface area contributed by atoms with Gasteiger partial charge in [0, 0.05) is 24.5 Å². The minimum Gasteiger partial charge on any atom is -0.356 e. The fourth-order valence-electron chi connectivity index (χ4n) is 2.16. The number of hydrogen-bond donors (Lipinski definition) is 1. The van der Waals surface area contributed by atoms with Crippen molar-refractivity contribution in [2.24, 2.45) is 4.99 Å². The van der Waals surface area contributed by atoms with Crippen LogP contribution in [-0.4, -0.2) is 37.3 Å². The molecule has 0 unspecified atom stereocenters. The fourth-order valence-corrected chi connectivity index (χ4v) is 2.16. The second kappa shape index (κ2) is 5.51. The molecule has 0 aromatic carbocycles. The predicted octanol–water partition coefficient (Wildman–Crippen LogP) is 2.65. The third kappa shape index (κ3) is 2.52. The minimum atomic E-state index is 0.569. The maximum Gasteiger partial charge on any atom is 0.240 e. The summed E-state index contributed by atoms with van der Waals surface area (Å²) in [5, 5.41) is 7.26. The summed E-state index contributed by atoms with van der Waals surface area (Å²) in [5.41, 5.74) is 4.37. The van der Waals surface area contributed by atoms with Crippen molar-refractivity contribution >= 4 is 23.0 Å². The maximum atomic E-state index is 4.61. The van der Waals surface area contributed by atoms with Gasteiger partial charge >= 0.3 is 0 Å². The van der Waals surface area contributed by atoms with Gasteiger partial charge < -0.3 is 5.32 Å². The molecule has 0 saturated carbocycles. The third-order valence-electron chi connectivity index (χ3n) is 3.17. The van der Waals surface area contributed by atoms with Gasteiger partial charge in [0.25, 0.3) is 0 Å². The molecule has 0 spiro atoms. The van der Waals surface area contributed by atoms with Crippen LogP contribution >= 0.6 is 0 Å². The largest absolute Gasteiger partial charge is 0.356 e. The lowest BCUT2D eigenvalue weighted by molar-refractivity contribution is 0.909. The molecule has 0 aliphatic carbocycles. The number of aryl methyl sites for hydroxylation is 1. The lowest BCUT2D eigenvalue weighted by Crippen LogP contribution is -2.00. The van der Waals surface area contributed by atoms with Crippen LogP contribution in [0.4, 0.5) is 11.8 Å². The summed E-state index contributed by atoms with van der Waals surface area (Å²) in [6.07, 6.45) is 5.38. The number of anilines is 1. The van der Waals surface area contributed by atoms with Crippen LogP contribution in [0.1, 0.15) is 19.5 Å². The molecule has 0 aliphatic heterocycles. The quantitative estimate of drug-likeness (QED) is 0.751. The van der Waals surface area contributed by atoms with Crippen LogP contribution < -0.4 is 5.32 Å². The highest BCUT2D eigenvalue weighted by molar-refractivity contribution is 5.82. The standard InChI is InChI=1S/C15H17N7/c1-9(2)19-14-10(3)20-12(7-17-14)11-5-6-22-13(11)8-18-15(16-4)21-22/h5-8H,1-4H3,(H,16,21). The predicted molar refractivity (Wildman–Crippen MR) is 86.7 cm³/mol. The second-order valence-electron chi connectivity index (χ2n) is 5.11. The molecule has 0 bridgehead atoms. The zero-order chi connectivity index (χ0) is 15.7. The van der Waals surface area contributed by atoms with E-state index in [1.54, 1.807) is 24.0 Å². The van der Waals surface area contributed by atoms with Gasteiger partial charge in [-0.05, 0) is 26.8 Å². The van der Waals surface area contributed by atoms with E-state index in [-0.39, 0.29) is 0 Å². The number of nitrogens with zero attached hydrogens (tertiary/aromatic N) is 6. The van der Waals surface area contributed by atoms with Crippen LogP contribution in [0.2, 0.25) is 0 Å². The summed E-state index contributed by atoms with van der Waals surface area (Å²) in [5.74, 6) is 1.22. The van der Waals surface area contributed by atoms with Gasteiger partial charge in [-0.15, -0.1) is 5.10 Å². The van der Waals surface area contributed by atoms with E-state index in [0.29, 0.717) is 11.8 Å². The Labute approximate surface area is 128 Å². The number of aliphatic imine (C=N–C) groups is 1. The Hall–Kier alpha value is -2.83. The maximum absolute atomic E-state index is 4.61. The topological polar surface area (TPSA) is 80.4 Å². The van der Waals surface area contributed by atoms with E-state index < -0.39 is 0 Å². The van der Waals surface area contributed by atoms with Crippen molar-refractivity contribution in [3.63, 3.8) is 0 Å². The Morgan fingerprint density at radius 1 is 1.23 bits per heavy atom. The molecule has 0 aliphatic rings. The number of fused-ring (bicyclic) bond motifs is 1. The molecule has 22 heavy (non-hydrogen) atoms. The summed E-state index contributed by atoms with van der Waals surface area (Å²) >= 11 is 0. The van der Waals surface area contributed by atoms with Gasteiger partial charge in [-0.2, -0.15) is 0 Å². The molecule has 0 amide bonds. The van der Waals surface area contributed by atoms with Crippen LogP contribution in [-0.2, 0) is 0 Å². The van der Waals surface area contributed by atoms with E-state index in [1.165, 1.54) is 0 Å². The highest BCUT2D eigenvalue weighted by Crippen LogP contribution is 2.25. The monoisotopic (exact) mass is 295 g/mol. The molecule has 3 heterocycles. The Bertz CT molecular complexity index is 859. The van der Waals surface area contributed by atoms with E-state index in [1.807, 2.05) is 33.0 Å². The Balaban J connectivity index is 2.08. The number of aromatic nitrogens is 5. The van der Waals surface area contributed by atoms with Gasteiger partial charge in [0.1, 0.15) is 0 Å². The number of hydrogen-bond acceptors (Lipinski definition) is 6. The lowest BCUT2D eigenvalue weighted by atomic mass is 10.2. The average Bonchev–Trinajstić information content (AvgIpc) is 2.91. The van der Waals surface area contributed by atoms with Crippen molar-refractivity contribution in [1.29, 1.82) is 0 Å². The molecular formula is C15H17N7. The van der Waals surface area contributed by atoms with Gasteiger partial charge in [0.05, 0.1) is 29.3 Å². The minimum absolute atomic E-state index is 0.569. The van der Waals surface area contributed by atoms with Gasteiger partial charge in [0.15, 0.2) is 5.82 Å². The first-order valence-corrected chi connectivity index (χ1v) is 6.96. The molecule has 3 aromatic rings. The normalized spacial score (nSPS) is 10.7. The number of rotatable bonds is 3. The third-order valence-corrected chi connectivity index (χ3v) is 3.17. The zero-order valence-electron chi connectivity index (χ0n) is 13.0. The first kappa shape index (κ1) is 14.1. The van der Waals surface area contributed by atoms with Crippen molar-refractivity contribution in [3.05, 3.63) is 30.4 Å². The van der Waals surface area contributed by atoms with Crippen LogP contribution in [0.3, 0.4) is 0 Å². The number of nitrogens with one attached hydrogen (secondary N) is 1. The van der Waals surface area contributed by atoms with Crippen LogP contribution in [0, 0.1) is 6.92 Å². The molecule has 3 aromatic heterocycles. The van der Waals surface area contributed by atoms with Crippen molar-refractivity contribution in [3.8, 4) is 11.3 Å². The van der Waals surface area contributed by atoms with Gasteiger partial charge in [0.2, 0.25) is 5.95 Å². The Morgan fingerprint density at radius 2 is 2.05 bits per heavy atom. The molecule has 3 rings (SSSR count). The Morgan fingerprint density at radius 3 is 2.73 bits per heavy atom. The SMILES string of the molecule is CNc1ncc2c(-c3cnc(N=C(C)C)c(C)n3)ccn2n1. The highest BCUT2D eigenvalue weighted by atomic mass is 15.3. The van der Waals surface area contributed by atoms with E-state index in [0.717, 1.165) is 28.2 Å². The summed E-state index contributed by atoms with van der Waals surface area (Å²) in [6, 6.07) is 1.96. The van der Waals surface area contributed by atoms with Crippen molar-refractivity contribution in [2.45, 2.75) is 20.8 Å². The second-order valence-corrected chi connectivity index (χ2v) is 5.11. The first-order valence-electron chi connectivity index (χ1n) is 6.96. The van der Waals surface area contributed by atoms with E-state index in [2.05, 4.69) is 30.4 Å². The Kier molecular flexibility index (Phi) is 3.54. The molecular weight excluding hydrogens is 278 g/mol. The van der Waals surface area contributed by atoms with Crippen LogP contribution in [0.25, 0.3) is 16.8 Å². The summed E-state index contributed by atoms with van der Waals surface area (Å²) < 4.78 is 1.77. The van der Waals surface area contributed by atoms with E-state index in [9.17, 15) is 0 Å². The molecule has 112 valence electrons. The van der Waals surface area contributed by atoms with Crippen molar-refractivity contribution < 1.29 is 0 Å². The summed E-state index contributed by atoms with van der Waals surface area (Å²) in [7, 11) is 1.79. The van der Waals surface area contributed by atoms with Gasteiger partial charge in [-0.1, -0.05) is 0 Å². The van der Waals surface area contributed by atoms with Crippen LogP contribution in [0.15, 0.2) is 29.6 Å². The van der Waals surface area contributed by atoms with Crippen molar-refractivity contribution in [1.82, 2.24) is 24.6 Å². The van der Waals surface area contributed by atoms with Gasteiger partial charge in [-0.3, -0.25) is 0 Å². The molecule has 0 atom stereocenters. The molecule has 0 fully saturated rings. The fraction of sp³-hybridized carbons (Fsp3) is 0.267. The lowest BCUT2D eigenvalue weighted by Gasteiger charge is -2.04. The van der Waals surface area contributed by atoms with Gasteiger partial charge in [-0.25, -0.2) is 24.5 Å². The van der Waals surface area contributed by atoms with Crippen molar-refractivity contribution in [2.75, 3.05) is 12.4 Å². The molecule has 0 radical (unpaired) electrons. The van der Waals surface area contributed by atoms with E-state index in [4.69, 9.17) is 0 Å². The molecule has 0 saturated heterocycles. The zero-order valence-corrected chi connectivity index (χ0v) is 13.0. The van der Waals surface area contributed by atoms with Crippen LogP contribution in [0.5, 0.6) is 0 Å². The summed E-state index contributed by atoms with van der Waals surface area (Å²) in [6.45, 7) is 5.78. The highest BCUT2D eigenvalue weighted by Gasteiger charge is 2.11. The molecule has 1 N–H and O–H groups in total. The molecule has 7 nitrogen and oxygen atoms in total. The van der Waals surface area contributed by atoms with E-state index >= 15 is 0 Å². The first-order chi connectivity index (χ1) is 10.6. The smallest absolute Gasteiger partial charge is 0.240 e. The molecule has 7 heteroatoms. The summed E-state index contributed by atoms with van der Waals surface area (Å²) in [4.78, 5) is 17.6.